The van der Waals surface area contributed by atoms with Gasteiger partial charge in [-0.15, -0.1) is 0 Å². The van der Waals surface area contributed by atoms with Crippen LogP contribution in [0.1, 0.15) is 51.6 Å². The normalized spacial score (nSPS) is 17.5. The van der Waals surface area contributed by atoms with Crippen molar-refractivity contribution in [2.75, 3.05) is 19.8 Å². The summed E-state index contributed by atoms with van der Waals surface area (Å²) in [5.41, 5.74) is 1.23. The second-order valence-corrected chi connectivity index (χ2v) is 5.68. The fraction of sp³-hybridized carbons (Fsp3) is 0.667. The van der Waals surface area contributed by atoms with Gasteiger partial charge in [-0.25, -0.2) is 0 Å². The molecule has 0 radical (unpaired) electrons. The molecular weight excluding hydrogens is 262 g/mol. The minimum absolute atomic E-state index is 0.218. The molecule has 2 rings (SSSR count). The molecule has 0 heterocycles. The summed E-state index contributed by atoms with van der Waals surface area (Å²) in [6.45, 7) is 8.83. The number of hydrogen-bond acceptors (Lipinski definition) is 3. The average Bonchev–Trinajstić information content (AvgIpc) is 3.34. The molecule has 0 amide bonds. The Hall–Kier alpha value is -1.06. The molecule has 0 aromatic heterocycles. The molecule has 21 heavy (non-hydrogen) atoms. The fourth-order valence-electron chi connectivity index (χ4n) is 2.83. The standard InChI is InChI=1S/C18H29NO2/c1-4-13-21-16-10-8-7-9-15(16)17(19-5-2)18(20-6-3)14-11-12-14/h7-10,14,17-19H,4-6,11-13H2,1-3H3. The van der Waals surface area contributed by atoms with Gasteiger partial charge >= 0.3 is 0 Å². The van der Waals surface area contributed by atoms with E-state index in [4.69, 9.17) is 9.47 Å². The van der Waals surface area contributed by atoms with E-state index in [1.807, 2.05) is 6.07 Å². The van der Waals surface area contributed by atoms with E-state index in [2.05, 4.69) is 44.3 Å². The van der Waals surface area contributed by atoms with Crippen LogP contribution in [0.4, 0.5) is 0 Å². The van der Waals surface area contributed by atoms with Gasteiger partial charge in [0.2, 0.25) is 0 Å². The van der Waals surface area contributed by atoms with Gasteiger partial charge in [-0.05, 0) is 44.7 Å². The number of para-hydroxylation sites is 1. The first-order chi connectivity index (χ1) is 10.3. The van der Waals surface area contributed by atoms with Crippen molar-refractivity contribution in [3.8, 4) is 5.75 Å². The van der Waals surface area contributed by atoms with Crippen LogP contribution in [0.3, 0.4) is 0 Å². The molecule has 0 saturated heterocycles. The largest absolute Gasteiger partial charge is 0.493 e. The van der Waals surface area contributed by atoms with E-state index in [9.17, 15) is 0 Å². The number of nitrogens with one attached hydrogen (secondary N) is 1. The zero-order valence-corrected chi connectivity index (χ0v) is 13.6. The molecular formula is C18H29NO2. The second kappa shape index (κ2) is 8.40. The molecule has 3 nitrogen and oxygen atoms in total. The average molecular weight is 291 g/mol. The molecule has 1 aliphatic carbocycles. The molecule has 3 heteroatoms. The first kappa shape index (κ1) is 16.3. The van der Waals surface area contributed by atoms with Gasteiger partial charge in [0.25, 0.3) is 0 Å². The Balaban J connectivity index is 2.23. The van der Waals surface area contributed by atoms with Gasteiger partial charge in [0.15, 0.2) is 0 Å². The van der Waals surface area contributed by atoms with Crippen molar-refractivity contribution in [2.24, 2.45) is 5.92 Å². The Bertz CT molecular complexity index is 417. The molecule has 0 bridgehead atoms. The van der Waals surface area contributed by atoms with Crippen LogP contribution in [0.2, 0.25) is 0 Å². The monoisotopic (exact) mass is 291 g/mol. The van der Waals surface area contributed by atoms with Gasteiger partial charge < -0.3 is 14.8 Å². The summed E-state index contributed by atoms with van der Waals surface area (Å²) in [4.78, 5) is 0. The first-order valence-electron chi connectivity index (χ1n) is 8.38. The topological polar surface area (TPSA) is 30.5 Å². The lowest BCUT2D eigenvalue weighted by Gasteiger charge is -2.29. The third-order valence-electron chi connectivity index (χ3n) is 3.91. The van der Waals surface area contributed by atoms with E-state index in [1.54, 1.807) is 0 Å². The highest BCUT2D eigenvalue weighted by Gasteiger charge is 2.38. The number of likely N-dealkylation sites (N-methyl/N-ethyl adjacent to an activating group) is 1. The van der Waals surface area contributed by atoms with Gasteiger partial charge in [-0.3, -0.25) is 0 Å². The maximum absolute atomic E-state index is 6.08. The van der Waals surface area contributed by atoms with E-state index in [-0.39, 0.29) is 12.1 Å². The highest BCUT2D eigenvalue weighted by atomic mass is 16.5. The van der Waals surface area contributed by atoms with Crippen LogP contribution in [0, 0.1) is 5.92 Å². The zero-order valence-electron chi connectivity index (χ0n) is 13.6. The van der Waals surface area contributed by atoms with Gasteiger partial charge in [-0.1, -0.05) is 32.0 Å². The molecule has 118 valence electrons. The Morgan fingerprint density at radius 3 is 2.57 bits per heavy atom. The predicted octanol–water partition coefficient (Wildman–Crippen LogP) is 3.94. The van der Waals surface area contributed by atoms with Crippen LogP contribution < -0.4 is 10.1 Å². The summed E-state index contributed by atoms with van der Waals surface area (Å²) < 4.78 is 12.0. The van der Waals surface area contributed by atoms with Crippen molar-refractivity contribution >= 4 is 0 Å². The summed E-state index contributed by atoms with van der Waals surface area (Å²) in [6, 6.07) is 8.60. The highest BCUT2D eigenvalue weighted by Crippen LogP contribution is 2.41. The third-order valence-corrected chi connectivity index (χ3v) is 3.91. The van der Waals surface area contributed by atoms with Gasteiger partial charge in [-0.2, -0.15) is 0 Å². The van der Waals surface area contributed by atoms with Crippen LogP contribution >= 0.6 is 0 Å². The highest BCUT2D eigenvalue weighted by molar-refractivity contribution is 5.37. The van der Waals surface area contributed by atoms with E-state index >= 15 is 0 Å². The van der Waals surface area contributed by atoms with Crippen molar-refractivity contribution < 1.29 is 9.47 Å². The lowest BCUT2D eigenvalue weighted by molar-refractivity contribution is 0.0182. The molecule has 1 saturated carbocycles. The lowest BCUT2D eigenvalue weighted by Crippen LogP contribution is -2.35. The quantitative estimate of drug-likeness (QED) is 0.708. The molecule has 1 aromatic rings. The summed E-state index contributed by atoms with van der Waals surface area (Å²) in [7, 11) is 0. The van der Waals surface area contributed by atoms with Crippen molar-refractivity contribution in [2.45, 2.75) is 52.2 Å². The Morgan fingerprint density at radius 1 is 1.19 bits per heavy atom. The van der Waals surface area contributed by atoms with Crippen molar-refractivity contribution in [3.63, 3.8) is 0 Å². The van der Waals surface area contributed by atoms with E-state index < -0.39 is 0 Å². The zero-order chi connectivity index (χ0) is 15.1. The van der Waals surface area contributed by atoms with Crippen LogP contribution in [0.5, 0.6) is 5.75 Å². The number of benzene rings is 1. The Kier molecular flexibility index (Phi) is 6.52. The summed E-state index contributed by atoms with van der Waals surface area (Å²) in [5.74, 6) is 1.68. The summed E-state index contributed by atoms with van der Waals surface area (Å²) in [6.07, 6.45) is 3.84. The summed E-state index contributed by atoms with van der Waals surface area (Å²) in [5, 5.41) is 3.62. The van der Waals surface area contributed by atoms with E-state index in [0.717, 1.165) is 31.9 Å². The smallest absolute Gasteiger partial charge is 0.124 e. The van der Waals surface area contributed by atoms with Crippen LogP contribution in [0.15, 0.2) is 24.3 Å². The Morgan fingerprint density at radius 2 is 1.95 bits per heavy atom. The molecule has 1 aliphatic rings. The van der Waals surface area contributed by atoms with Crippen LogP contribution in [-0.2, 0) is 4.74 Å². The fourth-order valence-corrected chi connectivity index (χ4v) is 2.83. The number of ether oxygens (including phenoxy) is 2. The van der Waals surface area contributed by atoms with E-state index in [1.165, 1.54) is 18.4 Å². The van der Waals surface area contributed by atoms with Gasteiger partial charge in [0, 0.05) is 12.2 Å². The molecule has 0 spiro atoms. The van der Waals surface area contributed by atoms with Gasteiger partial charge in [0.05, 0.1) is 18.8 Å². The van der Waals surface area contributed by atoms with E-state index in [0.29, 0.717) is 5.92 Å². The maximum atomic E-state index is 6.08. The molecule has 2 atom stereocenters. The molecule has 1 fully saturated rings. The molecule has 2 unspecified atom stereocenters. The number of rotatable bonds is 10. The van der Waals surface area contributed by atoms with Crippen molar-refractivity contribution in [1.29, 1.82) is 0 Å². The number of hydrogen-bond donors (Lipinski definition) is 1. The summed E-state index contributed by atoms with van der Waals surface area (Å²) >= 11 is 0. The lowest BCUT2D eigenvalue weighted by atomic mass is 9.97. The first-order valence-corrected chi connectivity index (χ1v) is 8.38. The second-order valence-electron chi connectivity index (χ2n) is 5.68. The van der Waals surface area contributed by atoms with Crippen LogP contribution in [0.25, 0.3) is 0 Å². The maximum Gasteiger partial charge on any atom is 0.124 e. The molecule has 1 N–H and O–H groups in total. The minimum Gasteiger partial charge on any atom is -0.493 e. The van der Waals surface area contributed by atoms with Crippen LogP contribution in [-0.4, -0.2) is 25.9 Å². The Labute approximate surface area is 129 Å². The SMILES string of the molecule is CCCOc1ccccc1C(NCC)C(OCC)C1CC1. The molecule has 0 aliphatic heterocycles. The third kappa shape index (κ3) is 4.45. The van der Waals surface area contributed by atoms with Crippen molar-refractivity contribution in [1.82, 2.24) is 5.32 Å². The minimum atomic E-state index is 0.218. The predicted molar refractivity (Wildman–Crippen MR) is 86.8 cm³/mol. The molecule has 1 aromatic carbocycles. The van der Waals surface area contributed by atoms with Gasteiger partial charge in [0.1, 0.15) is 5.75 Å². The van der Waals surface area contributed by atoms with Crippen molar-refractivity contribution in [3.05, 3.63) is 29.8 Å².